The number of carboxylic acids is 1. The van der Waals surface area contributed by atoms with E-state index in [-0.39, 0.29) is 18.1 Å². The first kappa shape index (κ1) is 16.2. The summed E-state index contributed by atoms with van der Waals surface area (Å²) < 4.78 is 5.02. The monoisotopic (exact) mass is 324 g/mol. The minimum atomic E-state index is -1.07. The van der Waals surface area contributed by atoms with Gasteiger partial charge in [-0.3, -0.25) is 9.59 Å². The van der Waals surface area contributed by atoms with Crippen LogP contribution < -0.4 is 15.4 Å². The molecule has 1 fully saturated rings. The molecule has 1 aromatic rings. The third-order valence-electron chi connectivity index (χ3n) is 3.12. The summed E-state index contributed by atoms with van der Waals surface area (Å²) in [5.74, 6) is -0.858. The topological polar surface area (TPSA) is 105 Å². The highest BCUT2D eigenvalue weighted by atomic mass is 32.2. The van der Waals surface area contributed by atoms with Crippen LogP contribution in [0.3, 0.4) is 0 Å². The lowest BCUT2D eigenvalue weighted by molar-refractivity contribution is -0.141. The van der Waals surface area contributed by atoms with E-state index in [0.29, 0.717) is 11.4 Å². The molecule has 1 aliphatic heterocycles. The molecule has 1 saturated heterocycles. The highest BCUT2D eigenvalue weighted by Gasteiger charge is 2.33. The van der Waals surface area contributed by atoms with Gasteiger partial charge in [-0.05, 0) is 24.3 Å². The zero-order valence-corrected chi connectivity index (χ0v) is 12.7. The molecule has 3 N–H and O–H groups in total. The number of thioether (sulfide) groups is 1. The first-order valence-corrected chi connectivity index (χ1v) is 7.63. The largest absolute Gasteiger partial charge is 0.497 e. The average Bonchev–Trinajstić information content (AvgIpc) is 2.50. The Labute approximate surface area is 131 Å². The Kier molecular flexibility index (Phi) is 5.26. The number of ether oxygens (including phenoxy) is 1. The van der Waals surface area contributed by atoms with E-state index in [2.05, 4.69) is 10.6 Å². The molecule has 22 heavy (non-hydrogen) atoms. The summed E-state index contributed by atoms with van der Waals surface area (Å²) in [4.78, 5) is 34.5. The molecule has 0 saturated carbocycles. The van der Waals surface area contributed by atoms with Gasteiger partial charge in [0.2, 0.25) is 11.8 Å². The van der Waals surface area contributed by atoms with Gasteiger partial charge in [0.1, 0.15) is 11.8 Å². The Bertz CT molecular complexity index is 575. The number of hydrogen-bond donors (Lipinski definition) is 3. The second-order valence-electron chi connectivity index (χ2n) is 4.70. The minimum Gasteiger partial charge on any atom is -0.497 e. The van der Waals surface area contributed by atoms with Crippen LogP contribution in [0.2, 0.25) is 0 Å². The number of methoxy groups -OCH3 is 1. The molecule has 2 atom stereocenters. The van der Waals surface area contributed by atoms with Gasteiger partial charge in [-0.1, -0.05) is 0 Å². The van der Waals surface area contributed by atoms with Gasteiger partial charge in [0.15, 0.2) is 0 Å². The number of amides is 2. The molecule has 0 aromatic heterocycles. The Morgan fingerprint density at radius 3 is 2.64 bits per heavy atom. The van der Waals surface area contributed by atoms with E-state index in [1.807, 2.05) is 0 Å². The molecule has 0 spiro atoms. The molecular formula is C14H16N2O5S. The van der Waals surface area contributed by atoms with E-state index in [1.54, 1.807) is 31.4 Å². The average molecular weight is 324 g/mol. The van der Waals surface area contributed by atoms with Gasteiger partial charge >= 0.3 is 5.97 Å². The lowest BCUT2D eigenvalue weighted by Crippen LogP contribution is -2.51. The molecule has 1 heterocycles. The fourth-order valence-corrected chi connectivity index (χ4v) is 3.07. The molecule has 7 nitrogen and oxygen atoms in total. The number of carbonyl (C=O) groups is 3. The number of carbonyl (C=O) groups excluding carboxylic acids is 2. The van der Waals surface area contributed by atoms with E-state index in [4.69, 9.17) is 9.84 Å². The third-order valence-corrected chi connectivity index (χ3v) is 4.42. The van der Waals surface area contributed by atoms with Crippen LogP contribution in [0, 0.1) is 0 Å². The van der Waals surface area contributed by atoms with Gasteiger partial charge in [-0.25, -0.2) is 4.79 Å². The van der Waals surface area contributed by atoms with Crippen LogP contribution in [0.4, 0.5) is 5.69 Å². The number of rotatable bonds is 5. The molecule has 8 heteroatoms. The maximum Gasteiger partial charge on any atom is 0.327 e. The van der Waals surface area contributed by atoms with Crippen LogP contribution in [-0.2, 0) is 14.4 Å². The SMILES string of the molecule is COc1ccc(NC(=O)C[C@H]2SC[C@H](C(=O)O)NC2=O)cc1. The summed E-state index contributed by atoms with van der Waals surface area (Å²) in [7, 11) is 1.55. The smallest absolute Gasteiger partial charge is 0.327 e. The second-order valence-corrected chi connectivity index (χ2v) is 5.94. The fraction of sp³-hybridized carbons (Fsp3) is 0.357. The van der Waals surface area contributed by atoms with Crippen molar-refractivity contribution in [1.29, 1.82) is 0 Å². The van der Waals surface area contributed by atoms with E-state index in [1.165, 1.54) is 11.8 Å². The minimum absolute atomic E-state index is 0.00509. The molecule has 2 rings (SSSR count). The lowest BCUT2D eigenvalue weighted by atomic mass is 10.2. The van der Waals surface area contributed by atoms with Crippen LogP contribution in [0.5, 0.6) is 5.75 Å². The molecule has 1 aliphatic rings. The summed E-state index contributed by atoms with van der Waals surface area (Å²) in [6, 6.07) is 5.94. The van der Waals surface area contributed by atoms with Crippen molar-refractivity contribution < 1.29 is 24.2 Å². The Morgan fingerprint density at radius 1 is 1.41 bits per heavy atom. The summed E-state index contributed by atoms with van der Waals surface area (Å²) >= 11 is 1.18. The quantitative estimate of drug-likeness (QED) is 0.737. The predicted octanol–water partition coefficient (Wildman–Crippen LogP) is 0.709. The highest BCUT2D eigenvalue weighted by molar-refractivity contribution is 8.00. The van der Waals surface area contributed by atoms with Gasteiger partial charge in [0.05, 0.1) is 12.4 Å². The van der Waals surface area contributed by atoms with Gasteiger partial charge in [-0.15, -0.1) is 11.8 Å². The normalized spacial score (nSPS) is 20.9. The summed E-state index contributed by atoms with van der Waals surface area (Å²) in [6.07, 6.45) is -0.00509. The van der Waals surface area contributed by atoms with Crippen LogP contribution in [0.1, 0.15) is 6.42 Å². The van der Waals surface area contributed by atoms with Crippen molar-refractivity contribution in [3.05, 3.63) is 24.3 Å². The van der Waals surface area contributed by atoms with Gasteiger partial charge in [0, 0.05) is 17.9 Å². The van der Waals surface area contributed by atoms with Gasteiger partial charge in [0.25, 0.3) is 0 Å². The van der Waals surface area contributed by atoms with Crippen molar-refractivity contribution >= 4 is 35.2 Å². The molecule has 118 valence electrons. The van der Waals surface area contributed by atoms with Crippen LogP contribution >= 0.6 is 11.8 Å². The third kappa shape index (κ3) is 4.14. The summed E-state index contributed by atoms with van der Waals surface area (Å²) in [5, 5.41) is 13.4. The van der Waals surface area contributed by atoms with Crippen molar-refractivity contribution in [2.75, 3.05) is 18.2 Å². The summed E-state index contributed by atoms with van der Waals surface area (Å²) in [5.41, 5.74) is 0.607. The standard InChI is InChI=1S/C14H16N2O5S/c1-21-9-4-2-8(3-5-9)15-12(17)6-11-13(18)16-10(7-22-11)14(19)20/h2-5,10-11H,6-7H2,1H3,(H,15,17)(H,16,18)(H,19,20)/t10-,11-/m1/s1. The first-order valence-electron chi connectivity index (χ1n) is 6.58. The van der Waals surface area contributed by atoms with E-state index in [0.717, 1.165) is 0 Å². The molecule has 0 radical (unpaired) electrons. The van der Waals surface area contributed by atoms with E-state index >= 15 is 0 Å². The number of hydrogen-bond acceptors (Lipinski definition) is 5. The number of anilines is 1. The summed E-state index contributed by atoms with van der Waals surface area (Å²) in [6.45, 7) is 0. The van der Waals surface area contributed by atoms with E-state index < -0.39 is 23.2 Å². The molecule has 0 unspecified atom stereocenters. The maximum atomic E-state index is 11.9. The number of benzene rings is 1. The van der Waals surface area contributed by atoms with E-state index in [9.17, 15) is 14.4 Å². The number of carboxylic acid groups (broad SMARTS) is 1. The number of nitrogens with one attached hydrogen (secondary N) is 2. The second kappa shape index (κ2) is 7.17. The van der Waals surface area contributed by atoms with Crippen molar-refractivity contribution in [3.63, 3.8) is 0 Å². The number of aliphatic carboxylic acids is 1. The molecule has 1 aromatic carbocycles. The molecule has 0 aliphatic carbocycles. The van der Waals surface area contributed by atoms with Crippen molar-refractivity contribution in [2.24, 2.45) is 0 Å². The van der Waals surface area contributed by atoms with Crippen molar-refractivity contribution in [3.8, 4) is 5.75 Å². The van der Waals surface area contributed by atoms with Crippen LogP contribution in [-0.4, -0.2) is 47.0 Å². The van der Waals surface area contributed by atoms with Gasteiger partial charge in [-0.2, -0.15) is 0 Å². The zero-order chi connectivity index (χ0) is 16.1. The fourth-order valence-electron chi connectivity index (χ4n) is 1.93. The lowest BCUT2D eigenvalue weighted by Gasteiger charge is -2.25. The van der Waals surface area contributed by atoms with Gasteiger partial charge < -0.3 is 20.5 Å². The first-order chi connectivity index (χ1) is 10.5. The zero-order valence-electron chi connectivity index (χ0n) is 11.9. The predicted molar refractivity (Wildman–Crippen MR) is 82.1 cm³/mol. The molecular weight excluding hydrogens is 308 g/mol. The van der Waals surface area contributed by atoms with Crippen LogP contribution in [0.25, 0.3) is 0 Å². The Morgan fingerprint density at radius 2 is 2.09 bits per heavy atom. The Balaban J connectivity index is 1.86. The highest BCUT2D eigenvalue weighted by Crippen LogP contribution is 2.22. The molecule has 2 amide bonds. The maximum absolute atomic E-state index is 11.9. The Hall–Kier alpha value is -2.22. The molecule has 0 bridgehead atoms. The van der Waals surface area contributed by atoms with Crippen LogP contribution in [0.15, 0.2) is 24.3 Å². The van der Waals surface area contributed by atoms with Crippen molar-refractivity contribution in [1.82, 2.24) is 5.32 Å². The van der Waals surface area contributed by atoms with Crippen molar-refractivity contribution in [2.45, 2.75) is 17.7 Å².